The first kappa shape index (κ1) is 19.0. The van der Waals surface area contributed by atoms with Crippen LogP contribution in [0.1, 0.15) is 25.5 Å². The zero-order valence-corrected chi connectivity index (χ0v) is 16.9. The summed E-state index contributed by atoms with van der Waals surface area (Å²) in [4.78, 5) is 24.3. The molecule has 3 aromatic rings. The summed E-state index contributed by atoms with van der Waals surface area (Å²) >= 11 is 8.62. The Morgan fingerprint density at radius 3 is 2.65 bits per heavy atom. The van der Waals surface area contributed by atoms with Crippen LogP contribution in [-0.4, -0.2) is 16.2 Å². The van der Waals surface area contributed by atoms with Gasteiger partial charge in [0.25, 0.3) is 0 Å². The SMILES string of the molecule is CC(C)n1c(=O)sc2cc(NC(=O)CSCc3ccc(Cl)cc3)ccc21. The number of hydrogen-bond donors (Lipinski definition) is 1. The quantitative estimate of drug-likeness (QED) is 0.614. The van der Waals surface area contributed by atoms with Crippen molar-refractivity contribution in [3.63, 3.8) is 0 Å². The number of halogens is 1. The van der Waals surface area contributed by atoms with Gasteiger partial charge in [-0.2, -0.15) is 0 Å². The zero-order valence-electron chi connectivity index (χ0n) is 14.5. The van der Waals surface area contributed by atoms with E-state index in [9.17, 15) is 9.59 Å². The van der Waals surface area contributed by atoms with E-state index in [1.54, 1.807) is 16.3 Å². The molecule has 1 N–H and O–H groups in total. The third kappa shape index (κ3) is 4.50. The van der Waals surface area contributed by atoms with Crippen molar-refractivity contribution in [3.05, 3.63) is 62.7 Å². The maximum atomic E-state index is 12.2. The molecule has 4 nitrogen and oxygen atoms in total. The molecule has 1 amide bonds. The molecular formula is C19H19ClN2O2S2. The van der Waals surface area contributed by atoms with Crippen LogP contribution in [0.4, 0.5) is 5.69 Å². The molecule has 0 fully saturated rings. The highest BCUT2D eigenvalue weighted by Gasteiger charge is 2.11. The molecule has 0 radical (unpaired) electrons. The highest BCUT2D eigenvalue weighted by atomic mass is 35.5. The van der Waals surface area contributed by atoms with Gasteiger partial charge in [0.2, 0.25) is 5.91 Å². The molecule has 0 aliphatic heterocycles. The lowest BCUT2D eigenvalue weighted by molar-refractivity contribution is -0.113. The number of benzene rings is 2. The number of nitrogens with zero attached hydrogens (tertiary/aromatic N) is 1. The van der Waals surface area contributed by atoms with Crippen molar-refractivity contribution < 1.29 is 4.79 Å². The molecule has 0 spiro atoms. The predicted molar refractivity (Wildman–Crippen MR) is 113 cm³/mol. The van der Waals surface area contributed by atoms with E-state index in [0.29, 0.717) is 16.5 Å². The van der Waals surface area contributed by atoms with E-state index in [0.717, 1.165) is 21.5 Å². The molecule has 0 aliphatic carbocycles. The average molecular weight is 407 g/mol. The van der Waals surface area contributed by atoms with Gasteiger partial charge in [-0.05, 0) is 49.7 Å². The second kappa shape index (κ2) is 8.29. The average Bonchev–Trinajstić information content (AvgIpc) is 2.91. The van der Waals surface area contributed by atoms with Gasteiger partial charge in [0.05, 0.1) is 16.0 Å². The normalized spacial score (nSPS) is 11.2. The van der Waals surface area contributed by atoms with Crippen molar-refractivity contribution in [1.29, 1.82) is 0 Å². The fraction of sp³-hybridized carbons (Fsp3) is 0.263. The molecule has 3 rings (SSSR count). The van der Waals surface area contributed by atoms with Gasteiger partial charge in [0.15, 0.2) is 0 Å². The van der Waals surface area contributed by atoms with Crippen LogP contribution in [0.5, 0.6) is 0 Å². The Bertz CT molecular complexity index is 977. The molecule has 1 aromatic heterocycles. The van der Waals surface area contributed by atoms with E-state index in [1.807, 2.05) is 56.3 Å². The molecule has 1 heterocycles. The summed E-state index contributed by atoms with van der Waals surface area (Å²) in [6.45, 7) is 3.97. The highest BCUT2D eigenvalue weighted by molar-refractivity contribution is 7.99. The lowest BCUT2D eigenvalue weighted by Crippen LogP contribution is -2.15. The summed E-state index contributed by atoms with van der Waals surface area (Å²) in [7, 11) is 0. The second-order valence-electron chi connectivity index (χ2n) is 6.18. The standard InChI is InChI=1S/C19H19ClN2O2S2/c1-12(2)22-16-8-7-15(9-17(16)26-19(22)24)21-18(23)11-25-10-13-3-5-14(20)6-4-13/h3-9,12H,10-11H2,1-2H3,(H,21,23). The molecule has 0 saturated heterocycles. The van der Waals surface area contributed by atoms with Gasteiger partial charge in [0.1, 0.15) is 0 Å². The van der Waals surface area contributed by atoms with Crippen molar-refractivity contribution in [2.24, 2.45) is 0 Å². The van der Waals surface area contributed by atoms with Gasteiger partial charge >= 0.3 is 4.87 Å². The second-order valence-corrected chi connectivity index (χ2v) is 8.60. The van der Waals surface area contributed by atoms with E-state index < -0.39 is 0 Å². The van der Waals surface area contributed by atoms with Gasteiger partial charge in [-0.25, -0.2) is 0 Å². The number of rotatable bonds is 6. The number of hydrogen-bond acceptors (Lipinski definition) is 4. The van der Waals surface area contributed by atoms with Gasteiger partial charge in [-0.1, -0.05) is 35.1 Å². The van der Waals surface area contributed by atoms with E-state index in [-0.39, 0.29) is 16.8 Å². The van der Waals surface area contributed by atoms with Crippen LogP contribution in [0.25, 0.3) is 10.2 Å². The van der Waals surface area contributed by atoms with Crippen LogP contribution < -0.4 is 10.2 Å². The molecule has 7 heteroatoms. The fourth-order valence-electron chi connectivity index (χ4n) is 2.64. The number of carbonyl (C=O) groups is 1. The topological polar surface area (TPSA) is 51.1 Å². The molecule has 0 atom stereocenters. The first-order valence-corrected chi connectivity index (χ1v) is 10.6. The number of nitrogens with one attached hydrogen (secondary N) is 1. The summed E-state index contributed by atoms with van der Waals surface area (Å²) in [6.07, 6.45) is 0. The Labute approximate surface area is 165 Å². The van der Waals surface area contributed by atoms with E-state index in [4.69, 9.17) is 11.6 Å². The summed E-state index contributed by atoms with van der Waals surface area (Å²) in [5.74, 6) is 1.06. The minimum Gasteiger partial charge on any atom is -0.325 e. The zero-order chi connectivity index (χ0) is 18.7. The molecule has 0 saturated carbocycles. The Morgan fingerprint density at radius 2 is 1.96 bits per heavy atom. The van der Waals surface area contributed by atoms with Gasteiger partial charge in [-0.3, -0.25) is 14.2 Å². The van der Waals surface area contributed by atoms with Crippen LogP contribution in [0.3, 0.4) is 0 Å². The summed E-state index contributed by atoms with van der Waals surface area (Å²) in [5, 5.41) is 3.61. The van der Waals surface area contributed by atoms with Crippen LogP contribution in [-0.2, 0) is 10.5 Å². The van der Waals surface area contributed by atoms with Crippen LogP contribution in [0, 0.1) is 0 Å². The van der Waals surface area contributed by atoms with Crippen molar-refractivity contribution >= 4 is 56.5 Å². The summed E-state index contributed by atoms with van der Waals surface area (Å²) < 4.78 is 2.66. The van der Waals surface area contributed by atoms with Crippen molar-refractivity contribution in [1.82, 2.24) is 4.57 Å². The van der Waals surface area contributed by atoms with E-state index >= 15 is 0 Å². The first-order valence-electron chi connectivity index (χ1n) is 8.21. The first-order chi connectivity index (χ1) is 12.4. The molecule has 2 aromatic carbocycles. The Kier molecular flexibility index (Phi) is 6.06. The maximum absolute atomic E-state index is 12.2. The Hall–Kier alpha value is -1.76. The maximum Gasteiger partial charge on any atom is 0.308 e. The number of amides is 1. The highest BCUT2D eigenvalue weighted by Crippen LogP contribution is 2.24. The third-order valence-electron chi connectivity index (χ3n) is 3.83. The number of aromatic nitrogens is 1. The number of fused-ring (bicyclic) bond motifs is 1. The lowest BCUT2D eigenvalue weighted by atomic mass is 10.2. The third-order valence-corrected chi connectivity index (χ3v) is 6.00. The van der Waals surface area contributed by atoms with Crippen molar-refractivity contribution in [2.75, 3.05) is 11.1 Å². The Morgan fingerprint density at radius 1 is 1.23 bits per heavy atom. The van der Waals surface area contributed by atoms with Gasteiger partial charge in [0, 0.05) is 22.5 Å². The minimum absolute atomic E-state index is 0.0250. The van der Waals surface area contributed by atoms with E-state index in [1.165, 1.54) is 11.3 Å². The number of anilines is 1. The number of carbonyl (C=O) groups excluding carboxylic acids is 1. The minimum atomic E-state index is -0.0565. The van der Waals surface area contributed by atoms with Crippen LogP contribution >= 0.6 is 34.7 Å². The van der Waals surface area contributed by atoms with Crippen molar-refractivity contribution in [3.8, 4) is 0 Å². The Balaban J connectivity index is 1.60. The van der Waals surface area contributed by atoms with Gasteiger partial charge < -0.3 is 5.32 Å². The van der Waals surface area contributed by atoms with E-state index in [2.05, 4.69) is 5.32 Å². The number of thiazole rings is 1. The molecule has 0 aliphatic rings. The summed E-state index contributed by atoms with van der Waals surface area (Å²) in [5.41, 5.74) is 2.75. The molecule has 26 heavy (non-hydrogen) atoms. The predicted octanol–water partition coefficient (Wildman–Crippen LogP) is 5.17. The smallest absolute Gasteiger partial charge is 0.308 e. The largest absolute Gasteiger partial charge is 0.325 e. The monoisotopic (exact) mass is 406 g/mol. The molecule has 136 valence electrons. The molecule has 0 bridgehead atoms. The lowest BCUT2D eigenvalue weighted by Gasteiger charge is -2.08. The van der Waals surface area contributed by atoms with Crippen LogP contribution in [0.15, 0.2) is 47.3 Å². The summed E-state index contributed by atoms with van der Waals surface area (Å²) in [6, 6.07) is 13.3. The number of thioether (sulfide) groups is 1. The van der Waals surface area contributed by atoms with Gasteiger partial charge in [-0.15, -0.1) is 11.8 Å². The van der Waals surface area contributed by atoms with Crippen LogP contribution in [0.2, 0.25) is 5.02 Å². The molecular weight excluding hydrogens is 388 g/mol. The fourth-order valence-corrected chi connectivity index (χ4v) is 4.61. The molecule has 0 unspecified atom stereocenters. The van der Waals surface area contributed by atoms with Crippen molar-refractivity contribution in [2.45, 2.75) is 25.6 Å².